The Morgan fingerprint density at radius 1 is 1.24 bits per heavy atom. The van der Waals surface area contributed by atoms with Gasteiger partial charge in [0.25, 0.3) is 0 Å². The first-order valence-corrected chi connectivity index (χ1v) is 9.02. The number of hydrogen-bond acceptors (Lipinski definition) is 6. The zero-order chi connectivity index (χ0) is 17.6. The number of carbonyl (C=O) groups excluding carboxylic acids is 1. The number of nitrogens with zero attached hydrogens (tertiary/aromatic N) is 3. The molecule has 1 atom stereocenters. The summed E-state index contributed by atoms with van der Waals surface area (Å²) in [4.78, 5) is 16.8. The van der Waals surface area contributed by atoms with Gasteiger partial charge in [0.1, 0.15) is 0 Å². The van der Waals surface area contributed by atoms with Gasteiger partial charge in [-0.25, -0.2) is 4.98 Å². The SMILES string of the molecule is Cc1nnc(C(CC(=O)NCCc2csc(C)n2)c2ccccc2)o1. The molecule has 130 valence electrons. The van der Waals surface area contributed by atoms with Crippen molar-refractivity contribution in [2.75, 3.05) is 6.54 Å². The fourth-order valence-corrected chi connectivity index (χ4v) is 3.24. The van der Waals surface area contributed by atoms with Crippen LogP contribution in [0, 0.1) is 13.8 Å². The molecule has 0 radical (unpaired) electrons. The van der Waals surface area contributed by atoms with E-state index in [-0.39, 0.29) is 18.2 Å². The van der Waals surface area contributed by atoms with Crippen LogP contribution in [-0.2, 0) is 11.2 Å². The van der Waals surface area contributed by atoms with Crippen LogP contribution in [0.5, 0.6) is 0 Å². The van der Waals surface area contributed by atoms with Crippen LogP contribution in [0.25, 0.3) is 0 Å². The zero-order valence-electron chi connectivity index (χ0n) is 14.2. The molecule has 25 heavy (non-hydrogen) atoms. The Labute approximate surface area is 150 Å². The van der Waals surface area contributed by atoms with Crippen molar-refractivity contribution in [3.63, 3.8) is 0 Å². The lowest BCUT2D eigenvalue weighted by atomic mass is 9.95. The van der Waals surface area contributed by atoms with E-state index < -0.39 is 0 Å². The van der Waals surface area contributed by atoms with Crippen LogP contribution in [0.4, 0.5) is 0 Å². The Morgan fingerprint density at radius 3 is 2.68 bits per heavy atom. The minimum Gasteiger partial charge on any atom is -0.425 e. The minimum absolute atomic E-state index is 0.0448. The topological polar surface area (TPSA) is 80.9 Å². The van der Waals surface area contributed by atoms with Gasteiger partial charge < -0.3 is 9.73 Å². The highest BCUT2D eigenvalue weighted by atomic mass is 32.1. The number of benzene rings is 1. The molecule has 3 rings (SSSR count). The quantitative estimate of drug-likeness (QED) is 0.704. The predicted molar refractivity (Wildman–Crippen MR) is 95.5 cm³/mol. The summed E-state index contributed by atoms with van der Waals surface area (Å²) in [6.45, 7) is 4.28. The highest BCUT2D eigenvalue weighted by Gasteiger charge is 2.23. The van der Waals surface area contributed by atoms with Crippen molar-refractivity contribution in [2.24, 2.45) is 0 Å². The standard InChI is InChI=1S/C18H20N4O2S/c1-12-21-22-18(24-12)16(14-6-4-3-5-7-14)10-17(23)19-9-8-15-11-25-13(2)20-15/h3-7,11,16H,8-10H2,1-2H3,(H,19,23). The molecule has 1 unspecified atom stereocenters. The molecule has 6 nitrogen and oxygen atoms in total. The smallest absolute Gasteiger partial charge is 0.224 e. The zero-order valence-corrected chi connectivity index (χ0v) is 15.0. The van der Waals surface area contributed by atoms with Crippen molar-refractivity contribution in [1.82, 2.24) is 20.5 Å². The first-order chi connectivity index (χ1) is 12.1. The molecule has 0 saturated carbocycles. The fourth-order valence-electron chi connectivity index (χ4n) is 2.60. The van der Waals surface area contributed by atoms with Gasteiger partial charge in [-0.1, -0.05) is 30.3 Å². The van der Waals surface area contributed by atoms with E-state index in [1.54, 1.807) is 18.3 Å². The van der Waals surface area contributed by atoms with Crippen LogP contribution >= 0.6 is 11.3 Å². The lowest BCUT2D eigenvalue weighted by Gasteiger charge is -2.13. The molecule has 7 heteroatoms. The third-order valence-electron chi connectivity index (χ3n) is 3.80. The van der Waals surface area contributed by atoms with Crippen molar-refractivity contribution in [3.05, 3.63) is 63.8 Å². The van der Waals surface area contributed by atoms with Crippen molar-refractivity contribution < 1.29 is 9.21 Å². The first kappa shape index (κ1) is 17.3. The van der Waals surface area contributed by atoms with Gasteiger partial charge >= 0.3 is 0 Å². The van der Waals surface area contributed by atoms with Crippen molar-refractivity contribution in [3.8, 4) is 0 Å². The van der Waals surface area contributed by atoms with E-state index in [0.717, 1.165) is 22.7 Å². The average Bonchev–Trinajstić information content (AvgIpc) is 3.22. The Balaban J connectivity index is 1.62. The van der Waals surface area contributed by atoms with Gasteiger partial charge in [0.2, 0.25) is 17.7 Å². The van der Waals surface area contributed by atoms with E-state index in [4.69, 9.17) is 4.42 Å². The lowest BCUT2D eigenvalue weighted by Crippen LogP contribution is -2.27. The summed E-state index contributed by atoms with van der Waals surface area (Å²) in [5, 5.41) is 14.0. The van der Waals surface area contributed by atoms with Crippen LogP contribution < -0.4 is 5.32 Å². The Kier molecular flexibility index (Phi) is 5.55. The van der Waals surface area contributed by atoms with Gasteiger partial charge in [0.15, 0.2) is 0 Å². The first-order valence-electron chi connectivity index (χ1n) is 8.14. The van der Waals surface area contributed by atoms with E-state index in [9.17, 15) is 4.79 Å². The highest BCUT2D eigenvalue weighted by molar-refractivity contribution is 7.09. The summed E-state index contributed by atoms with van der Waals surface area (Å²) in [6.07, 6.45) is 0.994. The average molecular weight is 356 g/mol. The third kappa shape index (κ3) is 4.73. The Morgan fingerprint density at radius 2 is 2.04 bits per heavy atom. The molecule has 0 spiro atoms. The molecule has 1 amide bonds. The molecule has 0 aliphatic carbocycles. The maximum absolute atomic E-state index is 12.4. The van der Waals surface area contributed by atoms with Gasteiger partial charge in [-0.2, -0.15) is 0 Å². The highest BCUT2D eigenvalue weighted by Crippen LogP contribution is 2.26. The number of rotatable bonds is 7. The third-order valence-corrected chi connectivity index (χ3v) is 4.62. The number of aromatic nitrogens is 3. The van der Waals surface area contributed by atoms with Crippen molar-refractivity contribution >= 4 is 17.2 Å². The van der Waals surface area contributed by atoms with E-state index in [1.165, 1.54) is 0 Å². The van der Waals surface area contributed by atoms with E-state index in [1.807, 2.05) is 42.6 Å². The molecule has 0 aliphatic rings. The second kappa shape index (κ2) is 8.02. The summed E-state index contributed by atoms with van der Waals surface area (Å²) in [5.41, 5.74) is 1.99. The number of nitrogens with one attached hydrogen (secondary N) is 1. The van der Waals surface area contributed by atoms with Gasteiger partial charge in [-0.05, 0) is 12.5 Å². The number of amides is 1. The van der Waals surface area contributed by atoms with E-state index >= 15 is 0 Å². The lowest BCUT2D eigenvalue weighted by molar-refractivity contribution is -0.121. The van der Waals surface area contributed by atoms with Gasteiger partial charge in [-0.3, -0.25) is 4.79 Å². The summed E-state index contributed by atoms with van der Waals surface area (Å²) in [5.74, 6) is 0.671. The van der Waals surface area contributed by atoms with E-state index in [2.05, 4.69) is 20.5 Å². The van der Waals surface area contributed by atoms with Crippen molar-refractivity contribution in [1.29, 1.82) is 0 Å². The fraction of sp³-hybridized carbons (Fsp3) is 0.333. The molecule has 0 aliphatic heterocycles. The van der Waals surface area contributed by atoms with Gasteiger partial charge in [0.05, 0.1) is 16.6 Å². The summed E-state index contributed by atoms with van der Waals surface area (Å²) in [6, 6.07) is 9.75. The molecule has 2 aromatic heterocycles. The second-order valence-corrected chi connectivity index (χ2v) is 6.85. The van der Waals surface area contributed by atoms with E-state index in [0.29, 0.717) is 18.3 Å². The molecule has 0 bridgehead atoms. The molecule has 1 N–H and O–H groups in total. The maximum atomic E-state index is 12.4. The van der Waals surface area contributed by atoms with Crippen LogP contribution in [0.1, 0.15) is 40.4 Å². The molecule has 3 aromatic rings. The van der Waals surface area contributed by atoms with Crippen LogP contribution in [-0.4, -0.2) is 27.6 Å². The molecule has 2 heterocycles. The summed E-state index contributed by atoms with van der Waals surface area (Å²) in [7, 11) is 0. The Hall–Kier alpha value is -2.54. The van der Waals surface area contributed by atoms with Crippen molar-refractivity contribution in [2.45, 2.75) is 32.6 Å². The molecule has 0 saturated heterocycles. The maximum Gasteiger partial charge on any atom is 0.224 e. The molecular formula is C18H20N4O2S. The van der Waals surface area contributed by atoms with Crippen LogP contribution in [0.15, 0.2) is 40.1 Å². The minimum atomic E-state index is -0.246. The number of thiazole rings is 1. The monoisotopic (exact) mass is 356 g/mol. The molecule has 1 aromatic carbocycles. The Bertz CT molecular complexity index is 828. The van der Waals surface area contributed by atoms with Gasteiger partial charge in [0, 0.05) is 31.7 Å². The number of carbonyl (C=O) groups is 1. The molecule has 0 fully saturated rings. The largest absolute Gasteiger partial charge is 0.425 e. The summed E-state index contributed by atoms with van der Waals surface area (Å²) < 4.78 is 5.57. The van der Waals surface area contributed by atoms with Crippen LogP contribution in [0.3, 0.4) is 0 Å². The second-order valence-electron chi connectivity index (χ2n) is 5.78. The normalized spacial score (nSPS) is 12.1. The predicted octanol–water partition coefficient (Wildman–Crippen LogP) is 3.02. The summed E-state index contributed by atoms with van der Waals surface area (Å²) >= 11 is 1.62. The van der Waals surface area contributed by atoms with Crippen LogP contribution in [0.2, 0.25) is 0 Å². The number of aryl methyl sites for hydroxylation is 2. The van der Waals surface area contributed by atoms with Gasteiger partial charge in [-0.15, -0.1) is 21.5 Å². The number of hydrogen-bond donors (Lipinski definition) is 1. The molecular weight excluding hydrogens is 336 g/mol.